The van der Waals surface area contributed by atoms with Crippen LogP contribution in [0.4, 0.5) is 18.9 Å². The van der Waals surface area contributed by atoms with Gasteiger partial charge in [0.1, 0.15) is 17.5 Å². The number of aromatic nitrogens is 1. The van der Waals surface area contributed by atoms with E-state index in [1.165, 1.54) is 11.0 Å². The predicted octanol–water partition coefficient (Wildman–Crippen LogP) is 3.78. The molecule has 1 aromatic carbocycles. The molecule has 1 saturated heterocycles. The molecule has 7 nitrogen and oxygen atoms in total. The molecule has 0 saturated carbocycles. The maximum Gasteiger partial charge on any atom is 0.417 e. The van der Waals surface area contributed by atoms with Gasteiger partial charge in [-0.3, -0.25) is 9.59 Å². The largest absolute Gasteiger partial charge is 0.491 e. The molecular weight excluding hydrogens is 415 g/mol. The van der Waals surface area contributed by atoms with E-state index in [2.05, 4.69) is 10.3 Å². The van der Waals surface area contributed by atoms with Crippen LogP contribution in [0.3, 0.4) is 0 Å². The van der Waals surface area contributed by atoms with Gasteiger partial charge in [0.25, 0.3) is 0 Å². The summed E-state index contributed by atoms with van der Waals surface area (Å²) >= 11 is 0. The Morgan fingerprint density at radius 3 is 2.74 bits per heavy atom. The molecule has 1 aromatic heterocycles. The number of likely N-dealkylation sites (N-methyl/N-ethyl adjacent to an activating group) is 1. The van der Waals surface area contributed by atoms with E-state index < -0.39 is 17.8 Å². The highest BCUT2D eigenvalue weighted by Gasteiger charge is 2.34. The molecule has 0 radical (unpaired) electrons. The number of nitrogens with zero attached hydrogens (tertiary/aromatic N) is 2. The number of ether oxygens (including phenoxy) is 2. The Morgan fingerprint density at radius 1 is 1.29 bits per heavy atom. The third-order valence-corrected chi connectivity index (χ3v) is 5.32. The van der Waals surface area contributed by atoms with Crippen LogP contribution < -0.4 is 14.8 Å². The summed E-state index contributed by atoms with van der Waals surface area (Å²) in [6, 6.07) is 4.70. The minimum absolute atomic E-state index is 0.0110. The molecule has 1 fully saturated rings. The average molecular weight is 435 g/mol. The number of anilines is 1. The van der Waals surface area contributed by atoms with Crippen LogP contribution >= 0.6 is 0 Å². The normalized spacial score (nSPS) is 18.4. The van der Waals surface area contributed by atoms with Gasteiger partial charge >= 0.3 is 6.18 Å². The summed E-state index contributed by atoms with van der Waals surface area (Å²) in [7, 11) is 1.58. The quantitative estimate of drug-likeness (QED) is 0.791. The predicted molar refractivity (Wildman–Crippen MR) is 104 cm³/mol. The molecule has 2 aliphatic heterocycles. The van der Waals surface area contributed by atoms with E-state index in [1.807, 2.05) is 0 Å². The third kappa shape index (κ3) is 4.42. The van der Waals surface area contributed by atoms with Crippen molar-refractivity contribution in [2.75, 3.05) is 19.0 Å². The van der Waals surface area contributed by atoms with Gasteiger partial charge in [0, 0.05) is 37.4 Å². The van der Waals surface area contributed by atoms with Crippen molar-refractivity contribution in [3.8, 4) is 17.4 Å². The Kier molecular flexibility index (Phi) is 5.47. The van der Waals surface area contributed by atoms with Crippen molar-refractivity contribution in [2.45, 2.75) is 37.9 Å². The van der Waals surface area contributed by atoms with E-state index in [1.54, 1.807) is 13.1 Å². The summed E-state index contributed by atoms with van der Waals surface area (Å²) in [6.45, 7) is 0.498. The first-order chi connectivity index (χ1) is 14.7. The molecule has 4 rings (SSSR count). The third-order valence-electron chi connectivity index (χ3n) is 5.32. The molecule has 0 spiro atoms. The Labute approximate surface area is 176 Å². The van der Waals surface area contributed by atoms with Gasteiger partial charge in [-0.2, -0.15) is 13.2 Å². The maximum absolute atomic E-state index is 12.7. The number of nitrogens with one attached hydrogen (secondary N) is 1. The van der Waals surface area contributed by atoms with Crippen LogP contribution in [0.5, 0.6) is 17.4 Å². The summed E-state index contributed by atoms with van der Waals surface area (Å²) < 4.78 is 49.6. The fourth-order valence-electron chi connectivity index (χ4n) is 3.66. The number of hydrogen-bond donors (Lipinski definition) is 1. The molecule has 2 aromatic rings. The molecule has 0 bridgehead atoms. The number of halogens is 3. The van der Waals surface area contributed by atoms with Crippen LogP contribution in [0.2, 0.25) is 0 Å². The lowest BCUT2D eigenvalue weighted by Gasteiger charge is -2.24. The Bertz CT molecular complexity index is 1010. The minimum Gasteiger partial charge on any atom is -0.491 e. The van der Waals surface area contributed by atoms with E-state index in [-0.39, 0.29) is 17.7 Å². The van der Waals surface area contributed by atoms with Crippen LogP contribution in [-0.4, -0.2) is 41.4 Å². The number of hydrogen-bond acceptors (Lipinski definition) is 5. The van der Waals surface area contributed by atoms with Crippen molar-refractivity contribution in [1.82, 2.24) is 9.88 Å². The molecule has 1 atom stereocenters. The van der Waals surface area contributed by atoms with Gasteiger partial charge in [0.15, 0.2) is 0 Å². The van der Waals surface area contributed by atoms with Gasteiger partial charge in [-0.25, -0.2) is 4.98 Å². The van der Waals surface area contributed by atoms with Crippen molar-refractivity contribution in [2.24, 2.45) is 0 Å². The molecule has 10 heteroatoms. The van der Waals surface area contributed by atoms with Gasteiger partial charge in [-0.05, 0) is 31.4 Å². The number of alkyl halides is 3. The zero-order chi connectivity index (χ0) is 22.2. The molecule has 1 unspecified atom stereocenters. The molecule has 2 aliphatic rings. The number of carbonyl (C=O) groups excluding carboxylic acids is 2. The van der Waals surface area contributed by atoms with Crippen molar-refractivity contribution in [3.63, 3.8) is 0 Å². The zero-order valence-corrected chi connectivity index (χ0v) is 16.7. The molecule has 164 valence electrons. The standard InChI is InChI=1S/C21H20F3N3O4/c1-27-16(5-7-18(27)28)20(29)26-15-10-14(9-12-3-2-8-30-19(12)15)31-17-6-4-13(11-25-17)21(22,23)24/h4,6,9-11,16H,2-3,5,7-8H2,1H3,(H,26,29). The lowest BCUT2D eigenvalue weighted by atomic mass is 10.0. The minimum atomic E-state index is -4.49. The Hall–Kier alpha value is -3.30. The summed E-state index contributed by atoms with van der Waals surface area (Å²) in [5.74, 6) is 0.392. The zero-order valence-electron chi connectivity index (χ0n) is 16.7. The van der Waals surface area contributed by atoms with Crippen molar-refractivity contribution in [3.05, 3.63) is 41.6 Å². The highest BCUT2D eigenvalue weighted by molar-refractivity contribution is 6.00. The van der Waals surface area contributed by atoms with Crippen molar-refractivity contribution >= 4 is 17.5 Å². The lowest BCUT2D eigenvalue weighted by molar-refractivity contribution is -0.137. The van der Waals surface area contributed by atoms with Gasteiger partial charge in [0.05, 0.1) is 17.9 Å². The summed E-state index contributed by atoms with van der Waals surface area (Å²) in [6.07, 6.45) is -1.57. The molecule has 3 heterocycles. The number of rotatable bonds is 4. The first-order valence-corrected chi connectivity index (χ1v) is 9.80. The monoisotopic (exact) mass is 435 g/mol. The van der Waals surface area contributed by atoms with E-state index in [9.17, 15) is 22.8 Å². The first-order valence-electron chi connectivity index (χ1n) is 9.80. The Morgan fingerprint density at radius 2 is 2.10 bits per heavy atom. The number of carbonyl (C=O) groups is 2. The summed E-state index contributed by atoms with van der Waals surface area (Å²) in [4.78, 5) is 29.6. The highest BCUT2D eigenvalue weighted by Crippen LogP contribution is 2.39. The van der Waals surface area contributed by atoms with E-state index in [0.717, 1.165) is 24.1 Å². The van der Waals surface area contributed by atoms with Crippen LogP contribution in [0, 0.1) is 0 Å². The lowest BCUT2D eigenvalue weighted by Crippen LogP contribution is -2.39. The van der Waals surface area contributed by atoms with Crippen molar-refractivity contribution < 1.29 is 32.2 Å². The van der Waals surface area contributed by atoms with Gasteiger partial charge in [0.2, 0.25) is 17.7 Å². The molecule has 0 aliphatic carbocycles. The number of fused-ring (bicyclic) bond motifs is 1. The SMILES string of the molecule is CN1C(=O)CCC1C(=O)Nc1cc(Oc2ccc(C(F)(F)F)cn2)cc2c1OCCC2. The van der Waals surface area contributed by atoms with Crippen LogP contribution in [0.1, 0.15) is 30.4 Å². The second-order valence-electron chi connectivity index (χ2n) is 7.44. The van der Waals surface area contributed by atoms with E-state index in [4.69, 9.17) is 9.47 Å². The van der Waals surface area contributed by atoms with Gasteiger partial charge in [-0.1, -0.05) is 0 Å². The average Bonchev–Trinajstić information content (AvgIpc) is 3.06. The number of likely N-dealkylation sites (tertiary alicyclic amines) is 1. The van der Waals surface area contributed by atoms with E-state index >= 15 is 0 Å². The second kappa shape index (κ2) is 8.09. The fourth-order valence-corrected chi connectivity index (χ4v) is 3.66. The maximum atomic E-state index is 12.7. The first kappa shape index (κ1) is 21.0. The molecule has 31 heavy (non-hydrogen) atoms. The smallest absolute Gasteiger partial charge is 0.417 e. The van der Waals surface area contributed by atoms with Gasteiger partial charge < -0.3 is 19.7 Å². The van der Waals surface area contributed by atoms with E-state index in [0.29, 0.717) is 49.3 Å². The van der Waals surface area contributed by atoms with Crippen LogP contribution in [-0.2, 0) is 22.2 Å². The Balaban J connectivity index is 1.58. The van der Waals surface area contributed by atoms with Gasteiger partial charge in [-0.15, -0.1) is 0 Å². The topological polar surface area (TPSA) is 80.8 Å². The molecule has 2 amide bonds. The van der Waals surface area contributed by atoms with Crippen molar-refractivity contribution in [1.29, 1.82) is 0 Å². The molecule has 1 N–H and O–H groups in total. The fraction of sp³-hybridized carbons (Fsp3) is 0.381. The van der Waals surface area contributed by atoms with Crippen LogP contribution in [0.15, 0.2) is 30.5 Å². The summed E-state index contributed by atoms with van der Waals surface area (Å²) in [5, 5.41) is 2.81. The number of benzene rings is 1. The number of pyridine rings is 1. The second-order valence-corrected chi connectivity index (χ2v) is 7.44. The highest BCUT2D eigenvalue weighted by atomic mass is 19.4. The van der Waals surface area contributed by atoms with Crippen LogP contribution in [0.25, 0.3) is 0 Å². The number of amides is 2. The molecular formula is C21H20F3N3O4. The summed E-state index contributed by atoms with van der Waals surface area (Å²) in [5.41, 5.74) is 0.320. The number of aryl methyl sites for hydroxylation is 1.